The Morgan fingerprint density at radius 3 is 2.25 bits per heavy atom. The molecule has 2 aromatic carbocycles. The minimum atomic E-state index is -0.752. The average molecular weight is 593 g/mol. The van der Waals surface area contributed by atoms with E-state index in [0.717, 1.165) is 42.7 Å². The van der Waals surface area contributed by atoms with Gasteiger partial charge in [-0.05, 0) is 95.4 Å². The monoisotopic (exact) mass is 591 g/mol. The quantitative estimate of drug-likeness (QED) is 0.339. The van der Waals surface area contributed by atoms with Crippen LogP contribution in [0.5, 0.6) is 5.75 Å². The highest BCUT2D eigenvalue weighted by Gasteiger charge is 2.32. The Hall–Kier alpha value is -2.48. The van der Waals surface area contributed by atoms with Crippen LogP contribution in [0, 0.1) is 0 Å². The highest BCUT2D eigenvalue weighted by atomic mass is 35.5. The number of rotatable bonds is 10. The van der Waals surface area contributed by atoms with Crippen molar-refractivity contribution >= 4 is 35.2 Å². The van der Waals surface area contributed by atoms with Crippen LogP contribution in [-0.2, 0) is 16.0 Å². The van der Waals surface area contributed by atoms with Crippen molar-refractivity contribution in [3.8, 4) is 5.75 Å². The van der Waals surface area contributed by atoms with E-state index in [2.05, 4.69) is 23.2 Å². The summed E-state index contributed by atoms with van der Waals surface area (Å²) in [7, 11) is 4.07. The molecule has 2 amide bonds. The summed E-state index contributed by atoms with van der Waals surface area (Å²) < 4.78 is 11.9. The predicted molar refractivity (Wildman–Crippen MR) is 162 cm³/mol. The largest absolute Gasteiger partial charge is 0.489 e. The van der Waals surface area contributed by atoms with Gasteiger partial charge in [0.1, 0.15) is 23.5 Å². The number of likely N-dealkylation sites (tertiary alicyclic amines) is 1. The van der Waals surface area contributed by atoms with Crippen molar-refractivity contribution in [3.05, 3.63) is 63.6 Å². The van der Waals surface area contributed by atoms with Crippen molar-refractivity contribution in [2.24, 2.45) is 0 Å². The molecule has 0 spiro atoms. The molecule has 1 fully saturated rings. The molecule has 220 valence electrons. The van der Waals surface area contributed by atoms with Crippen molar-refractivity contribution in [2.75, 3.05) is 33.7 Å². The maximum atomic E-state index is 13.7. The van der Waals surface area contributed by atoms with Crippen LogP contribution in [0.2, 0.25) is 10.0 Å². The third-order valence-corrected chi connectivity index (χ3v) is 7.37. The highest BCUT2D eigenvalue weighted by molar-refractivity contribution is 6.31. The van der Waals surface area contributed by atoms with E-state index in [-0.39, 0.29) is 17.9 Å². The lowest BCUT2D eigenvalue weighted by Gasteiger charge is -2.35. The van der Waals surface area contributed by atoms with Crippen molar-refractivity contribution in [1.29, 1.82) is 0 Å². The molecule has 1 aliphatic heterocycles. The molecule has 1 N–H and O–H groups in total. The fourth-order valence-electron chi connectivity index (χ4n) is 4.92. The van der Waals surface area contributed by atoms with Gasteiger partial charge < -0.3 is 24.6 Å². The molecule has 0 unspecified atom stereocenters. The molecule has 7 nitrogen and oxygen atoms in total. The van der Waals surface area contributed by atoms with Crippen molar-refractivity contribution in [3.63, 3.8) is 0 Å². The number of carbonyl (C=O) groups is 2. The minimum Gasteiger partial charge on any atom is -0.489 e. The Morgan fingerprint density at radius 1 is 1.05 bits per heavy atom. The van der Waals surface area contributed by atoms with Crippen molar-refractivity contribution in [2.45, 2.75) is 77.0 Å². The lowest BCUT2D eigenvalue weighted by molar-refractivity contribution is -0.134. The number of nitrogens with zero attached hydrogens (tertiary/aromatic N) is 2. The zero-order chi connectivity index (χ0) is 29.4. The van der Waals surface area contributed by atoms with Crippen LogP contribution in [-0.4, -0.2) is 73.3 Å². The number of carbonyl (C=O) groups excluding carboxylic acids is 2. The SMILES string of the molecule is CC[C@@H](CN(C)C)Oc1cc(Cl)ccc1C1CCN(C(=O)[C@@H](Cc2ccc(Cl)cc2)NC(=O)OC(C)(C)C)CC1. The Kier molecular flexibility index (Phi) is 11.6. The molecule has 0 radical (unpaired) electrons. The van der Waals surface area contributed by atoms with Gasteiger partial charge in [-0.2, -0.15) is 0 Å². The van der Waals surface area contributed by atoms with E-state index in [1.54, 1.807) is 32.9 Å². The molecule has 0 bridgehead atoms. The lowest BCUT2D eigenvalue weighted by atomic mass is 9.88. The summed E-state index contributed by atoms with van der Waals surface area (Å²) in [5.74, 6) is 0.934. The van der Waals surface area contributed by atoms with Gasteiger partial charge in [-0.25, -0.2) is 4.79 Å². The second-order valence-electron chi connectivity index (χ2n) is 11.7. The second-order valence-corrected chi connectivity index (χ2v) is 12.6. The summed E-state index contributed by atoms with van der Waals surface area (Å²) in [6.45, 7) is 9.48. The van der Waals surface area contributed by atoms with Crippen LogP contribution in [0.15, 0.2) is 42.5 Å². The number of benzene rings is 2. The van der Waals surface area contributed by atoms with Crippen LogP contribution in [0.3, 0.4) is 0 Å². The molecule has 2 aromatic rings. The number of nitrogens with one attached hydrogen (secondary N) is 1. The zero-order valence-electron chi connectivity index (χ0n) is 24.5. The molecule has 3 rings (SSSR count). The third kappa shape index (κ3) is 9.86. The summed E-state index contributed by atoms with van der Waals surface area (Å²) in [5, 5.41) is 4.07. The topological polar surface area (TPSA) is 71.1 Å². The van der Waals surface area contributed by atoms with Crippen molar-refractivity contribution in [1.82, 2.24) is 15.1 Å². The van der Waals surface area contributed by atoms with Gasteiger partial charge in [0, 0.05) is 36.1 Å². The fraction of sp³-hybridized carbons (Fsp3) is 0.548. The summed E-state index contributed by atoms with van der Waals surface area (Å²) in [5.41, 5.74) is 1.36. The van der Waals surface area contributed by atoms with Crippen LogP contribution in [0.1, 0.15) is 64.0 Å². The molecule has 1 aliphatic rings. The molecular formula is C31H43Cl2N3O4. The number of ether oxygens (including phenoxy) is 2. The van der Waals surface area contributed by atoms with Gasteiger partial charge in [-0.3, -0.25) is 4.79 Å². The van der Waals surface area contributed by atoms with Crippen LogP contribution in [0.4, 0.5) is 4.79 Å². The minimum absolute atomic E-state index is 0.0569. The number of alkyl carbamates (subject to hydrolysis) is 1. The molecular weight excluding hydrogens is 549 g/mol. The molecule has 1 heterocycles. The molecule has 1 saturated heterocycles. The normalized spacial score (nSPS) is 16.0. The van der Waals surface area contributed by atoms with E-state index in [1.165, 1.54) is 0 Å². The first-order valence-electron chi connectivity index (χ1n) is 14.0. The third-order valence-electron chi connectivity index (χ3n) is 6.88. The standard InChI is InChI=1S/C31H43Cl2N3O4/c1-7-25(20-35(5)6)39-28-19-24(33)12-13-26(28)22-14-16-36(17-15-22)29(37)27(34-30(38)40-31(2,3)4)18-21-8-10-23(32)11-9-21/h8-13,19,22,25,27H,7,14-18,20H2,1-6H3,(H,34,38)/t25-,27+/m0/s1. The average Bonchev–Trinajstić information content (AvgIpc) is 2.87. The Labute approximate surface area is 249 Å². The van der Waals surface area contributed by atoms with E-state index < -0.39 is 17.7 Å². The maximum Gasteiger partial charge on any atom is 0.408 e. The van der Waals surface area contributed by atoms with Gasteiger partial charge in [0.15, 0.2) is 0 Å². The Morgan fingerprint density at radius 2 is 1.68 bits per heavy atom. The predicted octanol–water partition coefficient (Wildman–Crippen LogP) is 6.55. The van der Waals surface area contributed by atoms with E-state index in [1.807, 2.05) is 43.3 Å². The van der Waals surface area contributed by atoms with Crippen molar-refractivity contribution < 1.29 is 19.1 Å². The van der Waals surface area contributed by atoms with E-state index in [0.29, 0.717) is 29.6 Å². The van der Waals surface area contributed by atoms with Gasteiger partial charge >= 0.3 is 6.09 Å². The maximum absolute atomic E-state index is 13.7. The molecule has 0 aromatic heterocycles. The van der Waals surface area contributed by atoms with Gasteiger partial charge in [-0.15, -0.1) is 0 Å². The number of piperidine rings is 1. The Balaban J connectivity index is 1.72. The first-order valence-corrected chi connectivity index (χ1v) is 14.7. The smallest absolute Gasteiger partial charge is 0.408 e. The zero-order valence-corrected chi connectivity index (χ0v) is 26.0. The van der Waals surface area contributed by atoms with Crippen LogP contribution in [0.25, 0.3) is 0 Å². The Bertz CT molecular complexity index is 1130. The van der Waals surface area contributed by atoms with Gasteiger partial charge in [-0.1, -0.05) is 48.3 Å². The number of likely N-dealkylation sites (N-methyl/N-ethyl adjacent to an activating group) is 1. The number of amides is 2. The van der Waals surface area contributed by atoms with E-state index in [4.69, 9.17) is 32.7 Å². The summed E-state index contributed by atoms with van der Waals surface area (Å²) in [6.07, 6.45) is 2.25. The lowest BCUT2D eigenvalue weighted by Crippen LogP contribution is -2.52. The number of hydrogen-bond donors (Lipinski definition) is 1. The fourth-order valence-corrected chi connectivity index (χ4v) is 5.21. The molecule has 0 aliphatic carbocycles. The van der Waals surface area contributed by atoms with Crippen LogP contribution >= 0.6 is 23.2 Å². The van der Waals surface area contributed by atoms with E-state index in [9.17, 15) is 9.59 Å². The van der Waals surface area contributed by atoms with Gasteiger partial charge in [0.2, 0.25) is 5.91 Å². The molecule has 9 heteroatoms. The summed E-state index contributed by atoms with van der Waals surface area (Å²) in [4.78, 5) is 30.3. The molecule has 2 atom stereocenters. The first kappa shape index (κ1) is 32.0. The van der Waals surface area contributed by atoms with Crippen LogP contribution < -0.4 is 10.1 Å². The molecule has 0 saturated carbocycles. The van der Waals surface area contributed by atoms with Gasteiger partial charge in [0.25, 0.3) is 0 Å². The summed E-state index contributed by atoms with van der Waals surface area (Å²) in [6, 6.07) is 12.4. The highest BCUT2D eigenvalue weighted by Crippen LogP contribution is 2.37. The van der Waals surface area contributed by atoms with Gasteiger partial charge in [0.05, 0.1) is 0 Å². The molecule has 40 heavy (non-hydrogen) atoms. The number of hydrogen-bond acceptors (Lipinski definition) is 5. The number of halogens is 2. The van der Waals surface area contributed by atoms with E-state index >= 15 is 0 Å². The second kappa shape index (κ2) is 14.4. The first-order chi connectivity index (χ1) is 18.8. The summed E-state index contributed by atoms with van der Waals surface area (Å²) >= 11 is 12.4.